The van der Waals surface area contributed by atoms with Gasteiger partial charge >= 0.3 is 0 Å². The lowest BCUT2D eigenvalue weighted by atomic mass is 10.0. The van der Waals surface area contributed by atoms with Gasteiger partial charge in [0.05, 0.1) is 16.3 Å². The number of amides is 1. The Morgan fingerprint density at radius 3 is 2.47 bits per heavy atom. The Morgan fingerprint density at radius 1 is 1.07 bits per heavy atom. The van der Waals surface area contributed by atoms with Crippen LogP contribution in [-0.4, -0.2) is 35.9 Å². The summed E-state index contributed by atoms with van der Waals surface area (Å²) in [5, 5.41) is 3.65. The maximum atomic E-state index is 12.5. The zero-order valence-electron chi connectivity index (χ0n) is 16.7. The molecule has 3 aromatic rings. The van der Waals surface area contributed by atoms with Crippen LogP contribution in [0.15, 0.2) is 64.6 Å². The number of rotatable bonds is 6. The first-order chi connectivity index (χ1) is 14.4. The fourth-order valence-electron chi connectivity index (χ4n) is 3.57. The SMILES string of the molecule is CS(=O)(=O)c1ccc(NC(=O)CSc2nc3c(n2-c2ccccc2)CCCC3)cc1. The summed E-state index contributed by atoms with van der Waals surface area (Å²) in [6.45, 7) is 0. The number of hydrogen-bond acceptors (Lipinski definition) is 5. The second-order valence-corrected chi connectivity index (χ2v) is 10.3. The number of thioether (sulfide) groups is 1. The normalized spacial score (nSPS) is 13.6. The number of fused-ring (bicyclic) bond motifs is 1. The Kier molecular flexibility index (Phi) is 5.97. The Hall–Kier alpha value is -2.58. The average Bonchev–Trinajstić information content (AvgIpc) is 3.11. The van der Waals surface area contributed by atoms with Crippen LogP contribution < -0.4 is 5.32 Å². The summed E-state index contributed by atoms with van der Waals surface area (Å²) in [4.78, 5) is 17.5. The Balaban J connectivity index is 1.48. The monoisotopic (exact) mass is 441 g/mol. The minimum absolute atomic E-state index is 0.160. The number of benzene rings is 2. The summed E-state index contributed by atoms with van der Waals surface area (Å²) in [6, 6.07) is 16.3. The third kappa shape index (κ3) is 4.60. The van der Waals surface area contributed by atoms with Gasteiger partial charge in [0.2, 0.25) is 5.91 Å². The molecule has 30 heavy (non-hydrogen) atoms. The van der Waals surface area contributed by atoms with E-state index in [0.717, 1.165) is 48.5 Å². The summed E-state index contributed by atoms with van der Waals surface area (Å²) in [7, 11) is -3.26. The molecule has 1 heterocycles. The van der Waals surface area contributed by atoms with Crippen molar-refractivity contribution in [1.82, 2.24) is 9.55 Å². The van der Waals surface area contributed by atoms with Crippen molar-refractivity contribution in [1.29, 1.82) is 0 Å². The van der Waals surface area contributed by atoms with Crippen LogP contribution in [0.5, 0.6) is 0 Å². The van der Waals surface area contributed by atoms with Crippen molar-refractivity contribution in [2.24, 2.45) is 0 Å². The number of aromatic nitrogens is 2. The topological polar surface area (TPSA) is 81.1 Å². The molecule has 6 nitrogen and oxygen atoms in total. The van der Waals surface area contributed by atoms with Crippen molar-refractivity contribution in [2.45, 2.75) is 35.7 Å². The highest BCUT2D eigenvalue weighted by atomic mass is 32.2. The maximum absolute atomic E-state index is 12.5. The van der Waals surface area contributed by atoms with E-state index in [1.807, 2.05) is 18.2 Å². The zero-order chi connectivity index (χ0) is 21.1. The second kappa shape index (κ2) is 8.65. The van der Waals surface area contributed by atoms with Gasteiger partial charge in [-0.25, -0.2) is 13.4 Å². The number of imidazole rings is 1. The number of para-hydroxylation sites is 1. The molecule has 0 spiro atoms. The van der Waals surface area contributed by atoms with Gasteiger partial charge in [-0.3, -0.25) is 9.36 Å². The molecule has 4 rings (SSSR count). The van der Waals surface area contributed by atoms with Crippen molar-refractivity contribution in [3.05, 3.63) is 66.0 Å². The highest BCUT2D eigenvalue weighted by Gasteiger charge is 2.21. The van der Waals surface area contributed by atoms with Crippen LogP contribution in [0.2, 0.25) is 0 Å². The molecule has 1 aliphatic carbocycles. The highest BCUT2D eigenvalue weighted by molar-refractivity contribution is 7.99. The van der Waals surface area contributed by atoms with Crippen molar-refractivity contribution in [3.63, 3.8) is 0 Å². The summed E-state index contributed by atoms with van der Waals surface area (Å²) in [5.41, 5.74) is 4.00. The molecule has 1 amide bonds. The van der Waals surface area contributed by atoms with Crippen molar-refractivity contribution >= 4 is 33.2 Å². The molecular weight excluding hydrogens is 418 g/mol. The van der Waals surface area contributed by atoms with E-state index in [2.05, 4.69) is 22.0 Å². The van der Waals surface area contributed by atoms with Crippen LogP contribution in [0.3, 0.4) is 0 Å². The lowest BCUT2D eigenvalue weighted by Gasteiger charge is -2.15. The van der Waals surface area contributed by atoms with Gasteiger partial charge in [0.25, 0.3) is 0 Å². The molecule has 0 fully saturated rings. The van der Waals surface area contributed by atoms with E-state index in [9.17, 15) is 13.2 Å². The van der Waals surface area contributed by atoms with E-state index < -0.39 is 9.84 Å². The fraction of sp³-hybridized carbons (Fsp3) is 0.273. The van der Waals surface area contributed by atoms with Crippen molar-refractivity contribution < 1.29 is 13.2 Å². The number of hydrogen-bond donors (Lipinski definition) is 1. The predicted molar refractivity (Wildman–Crippen MR) is 119 cm³/mol. The summed E-state index contributed by atoms with van der Waals surface area (Å²) in [6.07, 6.45) is 5.43. The molecule has 1 aromatic heterocycles. The van der Waals surface area contributed by atoms with E-state index >= 15 is 0 Å². The first-order valence-corrected chi connectivity index (χ1v) is 12.7. The van der Waals surface area contributed by atoms with E-state index in [-0.39, 0.29) is 16.6 Å². The van der Waals surface area contributed by atoms with Crippen LogP contribution in [0.25, 0.3) is 5.69 Å². The average molecular weight is 442 g/mol. The number of aryl methyl sites for hydroxylation is 1. The standard InChI is InChI=1S/C22H23N3O3S2/c1-30(27,28)18-13-11-16(12-14-18)23-21(26)15-29-22-24-19-9-5-6-10-20(19)25(22)17-7-3-2-4-8-17/h2-4,7-8,11-14H,5-6,9-10,15H2,1H3,(H,23,26). The Bertz CT molecular complexity index is 1150. The molecule has 0 radical (unpaired) electrons. The van der Waals surface area contributed by atoms with Gasteiger partial charge in [-0.2, -0.15) is 0 Å². The molecule has 0 unspecified atom stereocenters. The van der Waals surface area contributed by atoms with Gasteiger partial charge in [-0.1, -0.05) is 30.0 Å². The quantitative estimate of drug-likeness (QED) is 0.587. The van der Waals surface area contributed by atoms with Gasteiger partial charge in [0.1, 0.15) is 0 Å². The molecule has 0 saturated carbocycles. The molecule has 1 N–H and O–H groups in total. The molecule has 156 valence electrons. The third-order valence-corrected chi connectivity index (χ3v) is 7.08. The fourth-order valence-corrected chi connectivity index (χ4v) is 5.05. The lowest BCUT2D eigenvalue weighted by Crippen LogP contribution is -2.15. The molecular formula is C22H23N3O3S2. The van der Waals surface area contributed by atoms with Gasteiger partial charge in [-0.05, 0) is 62.1 Å². The van der Waals surface area contributed by atoms with Crippen LogP contribution in [-0.2, 0) is 27.5 Å². The minimum atomic E-state index is -3.26. The molecule has 0 aliphatic heterocycles. The second-order valence-electron chi connectivity index (χ2n) is 7.30. The lowest BCUT2D eigenvalue weighted by molar-refractivity contribution is -0.113. The summed E-state index contributed by atoms with van der Waals surface area (Å²) in [5.74, 6) is 0.0593. The Labute approximate surface area is 180 Å². The maximum Gasteiger partial charge on any atom is 0.234 e. The van der Waals surface area contributed by atoms with Gasteiger partial charge < -0.3 is 5.32 Å². The molecule has 1 aliphatic rings. The van der Waals surface area contributed by atoms with Crippen LogP contribution in [0.1, 0.15) is 24.2 Å². The number of carbonyl (C=O) groups is 1. The van der Waals surface area contributed by atoms with E-state index in [1.54, 1.807) is 12.1 Å². The van der Waals surface area contributed by atoms with Crippen molar-refractivity contribution in [2.75, 3.05) is 17.3 Å². The number of carbonyl (C=O) groups excluding carboxylic acids is 1. The number of anilines is 1. The molecule has 0 bridgehead atoms. The highest BCUT2D eigenvalue weighted by Crippen LogP contribution is 2.30. The molecule has 2 aromatic carbocycles. The molecule has 0 atom stereocenters. The largest absolute Gasteiger partial charge is 0.325 e. The van der Waals surface area contributed by atoms with Crippen LogP contribution >= 0.6 is 11.8 Å². The zero-order valence-corrected chi connectivity index (χ0v) is 18.3. The summed E-state index contributed by atoms with van der Waals surface area (Å²) >= 11 is 1.41. The van der Waals surface area contributed by atoms with Gasteiger partial charge in [0.15, 0.2) is 15.0 Å². The minimum Gasteiger partial charge on any atom is -0.325 e. The van der Waals surface area contributed by atoms with Gasteiger partial charge in [-0.15, -0.1) is 0 Å². The number of sulfone groups is 1. The van der Waals surface area contributed by atoms with Gasteiger partial charge in [0, 0.05) is 23.3 Å². The Morgan fingerprint density at radius 2 is 1.77 bits per heavy atom. The smallest absolute Gasteiger partial charge is 0.234 e. The van der Waals surface area contributed by atoms with E-state index in [1.165, 1.54) is 29.6 Å². The first-order valence-electron chi connectivity index (χ1n) is 9.80. The van der Waals surface area contributed by atoms with E-state index in [0.29, 0.717) is 5.69 Å². The molecule has 8 heteroatoms. The van der Waals surface area contributed by atoms with Crippen molar-refractivity contribution in [3.8, 4) is 5.69 Å². The molecule has 0 saturated heterocycles. The summed E-state index contributed by atoms with van der Waals surface area (Å²) < 4.78 is 25.3. The van der Waals surface area contributed by atoms with Crippen LogP contribution in [0, 0.1) is 0 Å². The number of nitrogens with zero attached hydrogens (tertiary/aromatic N) is 2. The third-order valence-electron chi connectivity index (χ3n) is 5.02. The number of nitrogens with one attached hydrogen (secondary N) is 1. The van der Waals surface area contributed by atoms with Crippen LogP contribution in [0.4, 0.5) is 5.69 Å². The van der Waals surface area contributed by atoms with E-state index in [4.69, 9.17) is 4.98 Å². The predicted octanol–water partition coefficient (Wildman–Crippen LogP) is 3.89. The first kappa shape index (κ1) is 20.7.